The lowest BCUT2D eigenvalue weighted by molar-refractivity contribution is -0.117. The van der Waals surface area contributed by atoms with Crippen molar-refractivity contribution in [3.63, 3.8) is 0 Å². The molecule has 0 aliphatic heterocycles. The van der Waals surface area contributed by atoms with E-state index in [-0.39, 0.29) is 18.0 Å². The number of hydrogen-bond acceptors (Lipinski definition) is 5. The van der Waals surface area contributed by atoms with Crippen molar-refractivity contribution in [2.24, 2.45) is 0 Å². The molecule has 2 N–H and O–H groups in total. The summed E-state index contributed by atoms with van der Waals surface area (Å²) in [5.41, 5.74) is 3.35. The van der Waals surface area contributed by atoms with Gasteiger partial charge in [0.25, 0.3) is 5.56 Å². The molecular weight excluding hydrogens is 368 g/mol. The normalized spacial score (nSPS) is 11.2. The van der Waals surface area contributed by atoms with Crippen LogP contribution in [-0.2, 0) is 16.1 Å². The number of para-hydroxylation sites is 1. The Morgan fingerprint density at radius 3 is 2.79 bits per heavy atom. The highest BCUT2D eigenvalue weighted by atomic mass is 16.5. The Balaban J connectivity index is 1.75. The lowest BCUT2D eigenvalue weighted by Gasteiger charge is -2.21. The van der Waals surface area contributed by atoms with E-state index in [9.17, 15) is 9.59 Å². The number of hydrogen-bond donors (Lipinski definition) is 2. The van der Waals surface area contributed by atoms with Crippen LogP contribution in [0.1, 0.15) is 17.0 Å². The van der Waals surface area contributed by atoms with E-state index in [2.05, 4.69) is 15.3 Å². The van der Waals surface area contributed by atoms with Crippen molar-refractivity contribution in [1.82, 2.24) is 14.9 Å². The van der Waals surface area contributed by atoms with Gasteiger partial charge in [-0.05, 0) is 43.2 Å². The first kappa shape index (κ1) is 20.7. The lowest BCUT2D eigenvalue weighted by Crippen LogP contribution is -2.36. The molecule has 1 amide bonds. The molecule has 0 fully saturated rings. The summed E-state index contributed by atoms with van der Waals surface area (Å²) in [7, 11) is 1.62. The van der Waals surface area contributed by atoms with Crippen LogP contribution in [0.4, 0.5) is 5.69 Å². The maximum atomic E-state index is 12.6. The van der Waals surface area contributed by atoms with E-state index in [1.807, 2.05) is 43.0 Å². The third-order valence-electron chi connectivity index (χ3n) is 4.68. The summed E-state index contributed by atoms with van der Waals surface area (Å²) >= 11 is 0. The van der Waals surface area contributed by atoms with Gasteiger partial charge in [-0.15, -0.1) is 0 Å². The number of aromatic amines is 1. The van der Waals surface area contributed by atoms with Crippen molar-refractivity contribution in [1.29, 1.82) is 0 Å². The van der Waals surface area contributed by atoms with Crippen molar-refractivity contribution in [3.05, 3.63) is 69.8 Å². The summed E-state index contributed by atoms with van der Waals surface area (Å²) in [6.45, 7) is 5.45. The van der Waals surface area contributed by atoms with Crippen molar-refractivity contribution >= 4 is 22.5 Å². The van der Waals surface area contributed by atoms with Crippen LogP contribution in [-0.4, -0.2) is 47.6 Å². The Bertz CT molecular complexity index is 1060. The van der Waals surface area contributed by atoms with Gasteiger partial charge in [0.1, 0.15) is 5.82 Å². The van der Waals surface area contributed by atoms with Gasteiger partial charge >= 0.3 is 0 Å². The number of nitrogens with zero attached hydrogens (tertiary/aromatic N) is 2. The quantitative estimate of drug-likeness (QED) is 0.613. The first-order valence-electron chi connectivity index (χ1n) is 9.52. The summed E-state index contributed by atoms with van der Waals surface area (Å²) in [4.78, 5) is 34.2. The van der Waals surface area contributed by atoms with Gasteiger partial charge in [0.2, 0.25) is 5.91 Å². The van der Waals surface area contributed by atoms with Gasteiger partial charge in [0.15, 0.2) is 0 Å². The Morgan fingerprint density at radius 2 is 2.00 bits per heavy atom. The van der Waals surface area contributed by atoms with Crippen molar-refractivity contribution in [2.45, 2.75) is 20.4 Å². The highest BCUT2D eigenvalue weighted by Crippen LogP contribution is 2.16. The SMILES string of the molecule is COCCN(CC(=O)Nc1cc(C)ccc1C)Cc1nc2ccccc2c(=O)[nH]1. The molecule has 1 aromatic heterocycles. The summed E-state index contributed by atoms with van der Waals surface area (Å²) in [5.74, 6) is 0.391. The third-order valence-corrected chi connectivity index (χ3v) is 4.68. The average Bonchev–Trinajstić information content (AvgIpc) is 2.69. The molecule has 0 spiro atoms. The third kappa shape index (κ3) is 5.49. The molecule has 152 valence electrons. The topological polar surface area (TPSA) is 87.3 Å². The highest BCUT2D eigenvalue weighted by molar-refractivity contribution is 5.93. The average molecular weight is 394 g/mol. The van der Waals surface area contributed by atoms with Crippen LogP contribution in [0.5, 0.6) is 0 Å². The fourth-order valence-electron chi connectivity index (χ4n) is 3.12. The fraction of sp³-hybridized carbons (Fsp3) is 0.318. The largest absolute Gasteiger partial charge is 0.383 e. The predicted octanol–water partition coefficient (Wildman–Crippen LogP) is 2.63. The Kier molecular flexibility index (Phi) is 6.74. The number of H-pyrrole nitrogens is 1. The van der Waals surface area contributed by atoms with Crippen LogP contribution >= 0.6 is 0 Å². The number of carbonyl (C=O) groups excluding carboxylic acids is 1. The number of aryl methyl sites for hydroxylation is 2. The van der Waals surface area contributed by atoms with E-state index in [0.29, 0.717) is 36.4 Å². The van der Waals surface area contributed by atoms with Gasteiger partial charge in [-0.2, -0.15) is 0 Å². The van der Waals surface area contributed by atoms with Crippen LogP contribution in [0, 0.1) is 13.8 Å². The van der Waals surface area contributed by atoms with Crippen LogP contribution in [0.25, 0.3) is 10.9 Å². The smallest absolute Gasteiger partial charge is 0.258 e. The zero-order valence-electron chi connectivity index (χ0n) is 17.0. The minimum absolute atomic E-state index is 0.127. The Hall–Kier alpha value is -3.03. The summed E-state index contributed by atoms with van der Waals surface area (Å²) in [6.07, 6.45) is 0. The van der Waals surface area contributed by atoms with E-state index < -0.39 is 0 Å². The zero-order chi connectivity index (χ0) is 20.8. The predicted molar refractivity (Wildman–Crippen MR) is 114 cm³/mol. The second-order valence-corrected chi connectivity index (χ2v) is 7.10. The number of fused-ring (bicyclic) bond motifs is 1. The van der Waals surface area contributed by atoms with Crippen LogP contribution < -0.4 is 10.9 Å². The number of methoxy groups -OCH3 is 1. The molecular formula is C22H26N4O3. The first-order chi connectivity index (χ1) is 14.0. The molecule has 0 atom stereocenters. The van der Waals surface area contributed by atoms with E-state index >= 15 is 0 Å². The van der Waals surface area contributed by atoms with Gasteiger partial charge in [0, 0.05) is 19.3 Å². The van der Waals surface area contributed by atoms with Crippen LogP contribution in [0.3, 0.4) is 0 Å². The van der Waals surface area contributed by atoms with E-state index in [1.165, 1.54) is 0 Å². The van der Waals surface area contributed by atoms with Crippen molar-refractivity contribution < 1.29 is 9.53 Å². The van der Waals surface area contributed by atoms with Gasteiger partial charge in [-0.1, -0.05) is 24.3 Å². The molecule has 3 aromatic rings. The number of aromatic nitrogens is 2. The highest BCUT2D eigenvalue weighted by Gasteiger charge is 2.14. The van der Waals surface area contributed by atoms with Gasteiger partial charge in [0.05, 0.1) is 30.6 Å². The molecule has 7 nitrogen and oxygen atoms in total. The Morgan fingerprint density at radius 1 is 1.21 bits per heavy atom. The second kappa shape index (κ2) is 9.45. The van der Waals surface area contributed by atoms with E-state index in [1.54, 1.807) is 25.3 Å². The summed E-state index contributed by atoms with van der Waals surface area (Å²) in [5, 5.41) is 3.52. The van der Waals surface area contributed by atoms with E-state index in [4.69, 9.17) is 4.74 Å². The van der Waals surface area contributed by atoms with Gasteiger partial charge < -0.3 is 15.0 Å². The molecule has 0 saturated carbocycles. The first-order valence-corrected chi connectivity index (χ1v) is 9.52. The Labute approximate surface area is 169 Å². The zero-order valence-corrected chi connectivity index (χ0v) is 17.0. The molecule has 3 rings (SSSR count). The van der Waals surface area contributed by atoms with Gasteiger partial charge in [-0.25, -0.2) is 4.98 Å². The number of amides is 1. The minimum atomic E-state index is -0.183. The van der Waals surface area contributed by atoms with Crippen LogP contribution in [0.15, 0.2) is 47.3 Å². The lowest BCUT2D eigenvalue weighted by atomic mass is 10.1. The molecule has 1 heterocycles. The van der Waals surface area contributed by atoms with Crippen molar-refractivity contribution in [3.8, 4) is 0 Å². The number of anilines is 1. The van der Waals surface area contributed by atoms with E-state index in [0.717, 1.165) is 16.8 Å². The van der Waals surface area contributed by atoms with Gasteiger partial charge in [-0.3, -0.25) is 14.5 Å². The van der Waals surface area contributed by atoms with Crippen molar-refractivity contribution in [2.75, 3.05) is 32.1 Å². The molecule has 0 saturated heterocycles. The van der Waals surface area contributed by atoms with Crippen LogP contribution in [0.2, 0.25) is 0 Å². The second-order valence-electron chi connectivity index (χ2n) is 7.10. The molecule has 0 bridgehead atoms. The summed E-state index contributed by atoms with van der Waals surface area (Å²) in [6, 6.07) is 13.1. The molecule has 0 radical (unpaired) electrons. The summed E-state index contributed by atoms with van der Waals surface area (Å²) < 4.78 is 5.17. The monoisotopic (exact) mass is 394 g/mol. The number of ether oxygens (including phenoxy) is 1. The maximum Gasteiger partial charge on any atom is 0.258 e. The number of rotatable bonds is 8. The number of nitrogens with one attached hydrogen (secondary N) is 2. The number of carbonyl (C=O) groups is 1. The molecule has 0 aliphatic rings. The fourth-order valence-corrected chi connectivity index (χ4v) is 3.12. The number of benzene rings is 2. The molecule has 29 heavy (non-hydrogen) atoms. The molecule has 7 heteroatoms. The molecule has 0 aliphatic carbocycles. The standard InChI is InChI=1S/C22H26N4O3/c1-15-8-9-16(2)19(12-15)24-21(27)14-26(10-11-29-3)13-20-23-18-7-5-4-6-17(18)22(28)25-20/h4-9,12H,10-11,13-14H2,1-3H3,(H,24,27)(H,23,25,28). The minimum Gasteiger partial charge on any atom is -0.383 e. The molecule has 0 unspecified atom stereocenters. The molecule has 2 aromatic carbocycles. The maximum absolute atomic E-state index is 12.6.